The first kappa shape index (κ1) is 18.0. The van der Waals surface area contributed by atoms with Crippen LogP contribution in [0.25, 0.3) is 0 Å². The van der Waals surface area contributed by atoms with Crippen LogP contribution in [0.5, 0.6) is 5.75 Å². The first-order chi connectivity index (χ1) is 12.7. The Morgan fingerprint density at radius 1 is 0.852 bits per heavy atom. The molecule has 4 rings (SSSR count). The van der Waals surface area contributed by atoms with Gasteiger partial charge in [-0.05, 0) is 18.3 Å². The van der Waals surface area contributed by atoms with E-state index in [1.54, 1.807) is 12.2 Å². The van der Waals surface area contributed by atoms with Crippen LogP contribution in [0.2, 0.25) is 0 Å². The summed E-state index contributed by atoms with van der Waals surface area (Å²) in [5, 5.41) is 0.156. The van der Waals surface area contributed by atoms with E-state index >= 15 is 0 Å². The Morgan fingerprint density at radius 2 is 1.30 bits per heavy atom. The van der Waals surface area contributed by atoms with Crippen LogP contribution < -0.4 is 4.18 Å². The number of imide groups is 1. The van der Waals surface area contributed by atoms with Gasteiger partial charge in [0.2, 0.25) is 34.8 Å². The quantitative estimate of drug-likeness (QED) is 0.250. The monoisotopic (exact) mass is 409 g/mol. The van der Waals surface area contributed by atoms with Crippen LogP contribution in [0, 0.1) is 52.8 Å². The molecule has 3 aliphatic rings. The molecule has 6 nitrogen and oxygen atoms in total. The maximum absolute atomic E-state index is 13.5. The van der Waals surface area contributed by atoms with Gasteiger partial charge in [0.25, 0.3) is 11.8 Å². The lowest BCUT2D eigenvalue weighted by molar-refractivity contribution is -0.166. The molecule has 0 aromatic heterocycles. The van der Waals surface area contributed by atoms with Crippen molar-refractivity contribution in [1.29, 1.82) is 0 Å². The van der Waals surface area contributed by atoms with Crippen molar-refractivity contribution in [1.82, 2.24) is 5.06 Å². The predicted molar refractivity (Wildman–Crippen MR) is 75.7 cm³/mol. The van der Waals surface area contributed by atoms with E-state index in [1.165, 1.54) is 0 Å². The molecule has 12 heteroatoms. The molecule has 1 saturated heterocycles. The Kier molecular flexibility index (Phi) is 4.07. The molecule has 1 heterocycles. The summed E-state index contributed by atoms with van der Waals surface area (Å²) >= 11 is -3.23. The average Bonchev–Trinajstić information content (AvgIpc) is 3.32. The molecule has 1 aliphatic heterocycles. The fourth-order valence-electron chi connectivity index (χ4n) is 3.75. The third kappa shape index (κ3) is 2.50. The molecule has 0 N–H and O–H groups in total. The lowest BCUT2D eigenvalue weighted by atomic mass is 9.85. The molecule has 0 spiro atoms. The second-order valence-corrected chi connectivity index (χ2v) is 6.96. The van der Waals surface area contributed by atoms with Gasteiger partial charge in [0, 0.05) is 0 Å². The topological polar surface area (TPSA) is 72.9 Å². The van der Waals surface area contributed by atoms with Crippen LogP contribution >= 0.6 is 0 Å². The zero-order chi connectivity index (χ0) is 19.6. The van der Waals surface area contributed by atoms with Crippen molar-refractivity contribution in [2.75, 3.05) is 0 Å². The minimum absolute atomic E-state index is 0.156. The maximum Gasteiger partial charge on any atom is 0.384 e. The van der Waals surface area contributed by atoms with Gasteiger partial charge in [0.1, 0.15) is 0 Å². The van der Waals surface area contributed by atoms with E-state index in [0.29, 0.717) is 6.42 Å². The number of nitrogens with zero attached hydrogens (tertiary/aromatic N) is 1. The number of benzene rings is 1. The van der Waals surface area contributed by atoms with E-state index in [1.807, 2.05) is 0 Å². The van der Waals surface area contributed by atoms with Gasteiger partial charge in [-0.2, -0.15) is 13.0 Å². The Morgan fingerprint density at radius 3 is 1.78 bits per heavy atom. The zero-order valence-electron chi connectivity index (χ0n) is 13.0. The van der Waals surface area contributed by atoms with Crippen molar-refractivity contribution in [2.24, 2.45) is 23.7 Å². The van der Waals surface area contributed by atoms with Crippen molar-refractivity contribution >= 4 is 23.2 Å². The van der Waals surface area contributed by atoms with Crippen LogP contribution in [0.3, 0.4) is 0 Å². The highest BCUT2D eigenvalue weighted by atomic mass is 32.2. The number of carbonyl (C=O) groups excluding carboxylic acids is 2. The van der Waals surface area contributed by atoms with Gasteiger partial charge in [-0.25, -0.2) is 13.2 Å². The number of fused-ring (bicyclic) bond motifs is 5. The molecular formula is C15H8F5NO5S. The fraction of sp³-hybridized carbons (Fsp3) is 0.333. The zero-order valence-corrected chi connectivity index (χ0v) is 13.8. The van der Waals surface area contributed by atoms with E-state index in [9.17, 15) is 35.8 Å². The van der Waals surface area contributed by atoms with Crippen molar-refractivity contribution in [3.63, 3.8) is 0 Å². The Balaban J connectivity index is 1.53. The summed E-state index contributed by atoms with van der Waals surface area (Å²) < 4.78 is 86.7. The summed E-state index contributed by atoms with van der Waals surface area (Å²) in [6, 6.07) is 0. The van der Waals surface area contributed by atoms with Crippen molar-refractivity contribution < 1.29 is 44.2 Å². The lowest BCUT2D eigenvalue weighted by Gasteiger charge is -2.15. The van der Waals surface area contributed by atoms with Gasteiger partial charge in [0.05, 0.1) is 11.8 Å². The number of allylic oxidation sites excluding steroid dienone is 2. The first-order valence-corrected chi connectivity index (χ1v) is 8.58. The Labute approximate surface area is 150 Å². The molecule has 2 fully saturated rings. The van der Waals surface area contributed by atoms with E-state index < -0.39 is 69.8 Å². The molecule has 27 heavy (non-hydrogen) atoms. The van der Waals surface area contributed by atoms with Crippen LogP contribution in [0.1, 0.15) is 6.42 Å². The number of rotatable bonds is 4. The van der Waals surface area contributed by atoms with E-state index in [-0.39, 0.29) is 16.9 Å². The predicted octanol–water partition coefficient (Wildman–Crippen LogP) is 2.08. The average molecular weight is 409 g/mol. The molecule has 1 aromatic carbocycles. The first-order valence-electron chi connectivity index (χ1n) is 7.58. The summed E-state index contributed by atoms with van der Waals surface area (Å²) in [5.74, 6) is -17.1. The van der Waals surface area contributed by atoms with Gasteiger partial charge in [-0.15, -0.1) is 9.35 Å². The largest absolute Gasteiger partial charge is 0.384 e. The minimum atomic E-state index is -3.23. The van der Waals surface area contributed by atoms with Crippen molar-refractivity contribution in [3.05, 3.63) is 41.2 Å². The van der Waals surface area contributed by atoms with Crippen molar-refractivity contribution in [3.8, 4) is 5.75 Å². The molecule has 2 bridgehead atoms. The van der Waals surface area contributed by atoms with Gasteiger partial charge < -0.3 is 4.18 Å². The summed E-state index contributed by atoms with van der Waals surface area (Å²) in [4.78, 5) is 24.6. The van der Waals surface area contributed by atoms with E-state index in [4.69, 9.17) is 0 Å². The second kappa shape index (κ2) is 6.09. The second-order valence-electron chi connectivity index (χ2n) is 6.23. The normalized spacial score (nSPS) is 29.6. The number of hydrogen-bond donors (Lipinski definition) is 0. The number of carbonyl (C=O) groups is 2. The SMILES string of the molecule is O=C1C2C3C=CC(C3)C2C(=O)N1OS(=O)Oc1c(F)c(F)c(F)c(F)c1F. The summed E-state index contributed by atoms with van der Waals surface area (Å²) in [6.07, 6.45) is 4.18. The molecule has 2 amide bonds. The standard InChI is InChI=1S/C15H8F5NO5S/c16-8-9(17)11(19)13(12(20)10(8)18)25-27(24)26-21-14(22)6-4-1-2-5(3-4)7(6)15(21)23/h1-2,4-7H,3H2. The molecule has 144 valence electrons. The number of hydroxylamine groups is 2. The van der Waals surface area contributed by atoms with Gasteiger partial charge >= 0.3 is 11.4 Å². The van der Waals surface area contributed by atoms with Gasteiger partial charge in [-0.1, -0.05) is 12.2 Å². The Bertz CT molecular complexity index is 879. The highest BCUT2D eigenvalue weighted by molar-refractivity contribution is 7.75. The molecule has 1 saturated carbocycles. The third-order valence-corrected chi connectivity index (χ3v) is 5.46. The van der Waals surface area contributed by atoms with Crippen LogP contribution in [-0.4, -0.2) is 21.1 Å². The van der Waals surface area contributed by atoms with E-state index in [0.717, 1.165) is 0 Å². The maximum atomic E-state index is 13.5. The van der Waals surface area contributed by atoms with Crippen molar-refractivity contribution in [2.45, 2.75) is 6.42 Å². The molecule has 1 aromatic rings. The molecule has 0 radical (unpaired) electrons. The van der Waals surface area contributed by atoms with Crippen LogP contribution in [-0.2, 0) is 25.2 Å². The highest BCUT2D eigenvalue weighted by Crippen LogP contribution is 2.52. The summed E-state index contributed by atoms with van der Waals surface area (Å²) in [7, 11) is 0. The highest BCUT2D eigenvalue weighted by Gasteiger charge is 2.60. The summed E-state index contributed by atoms with van der Waals surface area (Å²) in [5.41, 5.74) is 0. The van der Waals surface area contributed by atoms with Crippen LogP contribution in [0.4, 0.5) is 22.0 Å². The smallest absolute Gasteiger partial charge is 0.372 e. The van der Waals surface area contributed by atoms with Gasteiger partial charge in [0.15, 0.2) is 0 Å². The number of halogens is 5. The lowest BCUT2D eigenvalue weighted by Crippen LogP contribution is -2.34. The molecule has 5 unspecified atom stereocenters. The molecule has 5 atom stereocenters. The van der Waals surface area contributed by atoms with Gasteiger partial charge in [-0.3, -0.25) is 9.59 Å². The molecule has 2 aliphatic carbocycles. The van der Waals surface area contributed by atoms with E-state index in [2.05, 4.69) is 8.47 Å². The minimum Gasteiger partial charge on any atom is -0.372 e. The van der Waals surface area contributed by atoms with Crippen LogP contribution in [0.15, 0.2) is 12.2 Å². The summed E-state index contributed by atoms with van der Waals surface area (Å²) in [6.45, 7) is 0. The molecular weight excluding hydrogens is 401 g/mol. The third-order valence-electron chi connectivity index (χ3n) is 4.89. The fourth-order valence-corrected chi connectivity index (χ4v) is 4.33. The number of hydrogen-bond acceptors (Lipinski definition) is 5. The Hall–Kier alpha value is -2.34. The number of amides is 2.